The third-order valence-electron chi connectivity index (χ3n) is 9.18. The van der Waals surface area contributed by atoms with E-state index in [0.717, 1.165) is 63.7 Å². The number of para-hydroxylation sites is 1. The molecule has 2 aromatic carbocycles. The molecule has 0 saturated carbocycles. The summed E-state index contributed by atoms with van der Waals surface area (Å²) in [5, 5.41) is 0.783. The molecule has 13 heteroatoms. The predicted octanol–water partition coefficient (Wildman–Crippen LogP) is 5.49. The van der Waals surface area contributed by atoms with E-state index in [4.69, 9.17) is 49.5 Å². The number of benzene rings is 2. The van der Waals surface area contributed by atoms with Crippen molar-refractivity contribution in [2.24, 2.45) is 0 Å². The SMILES string of the molecule is CCC(COCC(COCC(COCCOCCOCCN1CCN(CCCN2c3ccccc3Sc3ccc(Cl)cc32)CC1)OC)OC)OC. The summed E-state index contributed by atoms with van der Waals surface area (Å²) in [7, 11) is 5.01. The van der Waals surface area contributed by atoms with Crippen LogP contribution in [0.3, 0.4) is 0 Å². The van der Waals surface area contributed by atoms with Crippen LogP contribution in [-0.4, -0.2) is 161 Å². The van der Waals surface area contributed by atoms with Gasteiger partial charge in [0.15, 0.2) is 0 Å². The summed E-state index contributed by atoms with van der Waals surface area (Å²) in [6.07, 6.45) is 1.79. The summed E-state index contributed by atoms with van der Waals surface area (Å²) in [4.78, 5) is 10.1. The third kappa shape index (κ3) is 15.0. The van der Waals surface area contributed by atoms with E-state index < -0.39 is 0 Å². The van der Waals surface area contributed by atoms with Crippen LogP contribution < -0.4 is 4.90 Å². The minimum absolute atomic E-state index is 0.0972. The van der Waals surface area contributed by atoms with Crippen LogP contribution in [0, 0.1) is 0 Å². The number of hydrogen-bond donors (Lipinski definition) is 0. The highest BCUT2D eigenvalue weighted by Gasteiger charge is 2.24. The van der Waals surface area contributed by atoms with Gasteiger partial charge in [-0.3, -0.25) is 4.90 Å². The van der Waals surface area contributed by atoms with Crippen LogP contribution in [0.25, 0.3) is 0 Å². The van der Waals surface area contributed by atoms with Gasteiger partial charge in [0.2, 0.25) is 0 Å². The van der Waals surface area contributed by atoms with E-state index in [9.17, 15) is 0 Å². The van der Waals surface area contributed by atoms with Crippen molar-refractivity contribution >= 4 is 34.7 Å². The van der Waals surface area contributed by atoms with Crippen molar-refractivity contribution in [3.05, 3.63) is 47.5 Å². The smallest absolute Gasteiger partial charge is 0.104 e. The predicted molar refractivity (Wildman–Crippen MR) is 203 cm³/mol. The number of rotatable bonds is 27. The summed E-state index contributed by atoms with van der Waals surface area (Å²) < 4.78 is 45.0. The van der Waals surface area contributed by atoms with Gasteiger partial charge < -0.3 is 47.7 Å². The second kappa shape index (κ2) is 24.7. The highest BCUT2D eigenvalue weighted by Crippen LogP contribution is 2.48. The molecule has 1 fully saturated rings. The van der Waals surface area contributed by atoms with Gasteiger partial charge >= 0.3 is 0 Å². The number of methoxy groups -OCH3 is 3. The van der Waals surface area contributed by atoms with Gasteiger partial charge in [0.1, 0.15) is 12.2 Å². The van der Waals surface area contributed by atoms with Crippen molar-refractivity contribution in [3.8, 4) is 0 Å². The van der Waals surface area contributed by atoms with E-state index in [0.29, 0.717) is 66.1 Å². The molecule has 2 aromatic rings. The number of ether oxygens (including phenoxy) is 8. The largest absolute Gasteiger partial charge is 0.379 e. The molecule has 0 aromatic heterocycles. The molecule has 51 heavy (non-hydrogen) atoms. The van der Waals surface area contributed by atoms with Gasteiger partial charge in [0.05, 0.1) is 83.5 Å². The topological polar surface area (TPSA) is 83.6 Å². The molecule has 2 aliphatic rings. The minimum atomic E-state index is -0.165. The maximum atomic E-state index is 6.39. The van der Waals surface area contributed by atoms with Crippen LogP contribution in [0.15, 0.2) is 52.3 Å². The molecule has 0 radical (unpaired) electrons. The molecule has 2 heterocycles. The second-order valence-corrected chi connectivity index (χ2v) is 14.2. The maximum Gasteiger partial charge on any atom is 0.104 e. The summed E-state index contributed by atoms with van der Waals surface area (Å²) >= 11 is 8.22. The van der Waals surface area contributed by atoms with E-state index in [2.05, 4.69) is 58.0 Å². The van der Waals surface area contributed by atoms with Gasteiger partial charge in [-0.25, -0.2) is 0 Å². The Morgan fingerprint density at radius 1 is 0.608 bits per heavy atom. The molecular formula is C38H60ClN3O8S. The first kappa shape index (κ1) is 42.2. The van der Waals surface area contributed by atoms with Gasteiger partial charge in [0, 0.05) is 75.4 Å². The highest BCUT2D eigenvalue weighted by atomic mass is 35.5. The number of anilines is 2. The molecule has 11 nitrogen and oxygen atoms in total. The third-order valence-corrected chi connectivity index (χ3v) is 10.5. The van der Waals surface area contributed by atoms with Gasteiger partial charge in [-0.05, 0) is 49.7 Å². The molecule has 0 N–H and O–H groups in total. The second-order valence-electron chi connectivity index (χ2n) is 12.7. The molecule has 3 atom stereocenters. The molecule has 0 amide bonds. The summed E-state index contributed by atoms with van der Waals surface area (Å²) in [5.41, 5.74) is 2.49. The van der Waals surface area contributed by atoms with Crippen molar-refractivity contribution in [1.29, 1.82) is 0 Å². The Kier molecular flexibility index (Phi) is 20.5. The zero-order valence-electron chi connectivity index (χ0n) is 31.1. The van der Waals surface area contributed by atoms with Crippen LogP contribution >= 0.6 is 23.4 Å². The van der Waals surface area contributed by atoms with Crippen LogP contribution in [0.1, 0.15) is 19.8 Å². The number of nitrogens with zero attached hydrogens (tertiary/aromatic N) is 3. The Labute approximate surface area is 315 Å². The molecular weight excluding hydrogens is 694 g/mol. The standard InChI is InChI=1S/C38H60ClN3O8S/c1-5-32(43-2)26-49-29-34(45-4)30-50-28-33(44-3)27-48-24-23-47-22-21-46-20-19-41-17-15-40(16-18-41)13-8-14-42-35-9-6-7-10-37(35)51-38-12-11-31(39)25-36(38)42/h6-7,9-12,25,32-34H,5,8,13-24,26-30H2,1-4H3. The van der Waals surface area contributed by atoms with Gasteiger partial charge in [-0.15, -0.1) is 0 Å². The summed E-state index contributed by atoms with van der Waals surface area (Å²) in [6, 6.07) is 14.9. The quantitative estimate of drug-likeness (QED) is 0.108. The lowest BCUT2D eigenvalue weighted by atomic mass is 10.2. The van der Waals surface area contributed by atoms with Crippen molar-refractivity contribution in [2.75, 3.05) is 138 Å². The zero-order chi connectivity index (χ0) is 36.1. The number of fused-ring (bicyclic) bond motifs is 2. The van der Waals surface area contributed by atoms with Crippen molar-refractivity contribution < 1.29 is 37.9 Å². The van der Waals surface area contributed by atoms with Crippen LogP contribution in [0.4, 0.5) is 11.4 Å². The fourth-order valence-electron chi connectivity index (χ4n) is 5.96. The first-order valence-corrected chi connectivity index (χ1v) is 19.5. The van der Waals surface area contributed by atoms with Gasteiger partial charge in [-0.1, -0.05) is 42.4 Å². The van der Waals surface area contributed by atoms with Gasteiger partial charge in [-0.2, -0.15) is 0 Å². The van der Waals surface area contributed by atoms with Crippen molar-refractivity contribution in [1.82, 2.24) is 9.80 Å². The lowest BCUT2D eigenvalue weighted by Crippen LogP contribution is -2.47. The number of piperazine rings is 1. The number of halogens is 1. The summed E-state index contributed by atoms with van der Waals surface area (Å²) in [6.45, 7) is 14.5. The van der Waals surface area contributed by atoms with E-state index in [1.54, 1.807) is 21.3 Å². The maximum absolute atomic E-state index is 6.39. The Hall–Kier alpha value is -1.52. The van der Waals surface area contributed by atoms with Crippen molar-refractivity contribution in [3.63, 3.8) is 0 Å². The summed E-state index contributed by atoms with van der Waals surface area (Å²) in [5.74, 6) is 0. The van der Waals surface area contributed by atoms with Crippen LogP contribution in [-0.2, 0) is 37.9 Å². The van der Waals surface area contributed by atoms with Gasteiger partial charge in [0.25, 0.3) is 0 Å². The first-order valence-electron chi connectivity index (χ1n) is 18.3. The fourth-order valence-corrected chi connectivity index (χ4v) is 7.21. The zero-order valence-corrected chi connectivity index (χ0v) is 32.7. The molecule has 3 unspecified atom stereocenters. The Morgan fingerprint density at radius 3 is 1.80 bits per heavy atom. The van der Waals surface area contributed by atoms with Crippen LogP contribution in [0.2, 0.25) is 5.02 Å². The normalized spacial score (nSPS) is 16.9. The van der Waals surface area contributed by atoms with Crippen LogP contribution in [0.5, 0.6) is 0 Å². The molecule has 288 valence electrons. The first-order chi connectivity index (χ1) is 25.0. The lowest BCUT2D eigenvalue weighted by molar-refractivity contribution is -0.0878. The monoisotopic (exact) mass is 753 g/mol. The van der Waals surface area contributed by atoms with E-state index >= 15 is 0 Å². The molecule has 2 aliphatic heterocycles. The molecule has 0 bridgehead atoms. The molecule has 0 spiro atoms. The Morgan fingerprint density at radius 2 is 1.16 bits per heavy atom. The minimum Gasteiger partial charge on any atom is -0.379 e. The van der Waals surface area contributed by atoms with E-state index in [1.807, 2.05) is 17.8 Å². The number of hydrogen-bond acceptors (Lipinski definition) is 12. The molecule has 1 saturated heterocycles. The average molecular weight is 754 g/mol. The fraction of sp³-hybridized carbons (Fsp3) is 0.684. The average Bonchev–Trinajstić information content (AvgIpc) is 3.16. The van der Waals surface area contributed by atoms with E-state index in [-0.39, 0.29) is 18.3 Å². The highest BCUT2D eigenvalue weighted by molar-refractivity contribution is 7.99. The lowest BCUT2D eigenvalue weighted by Gasteiger charge is -2.36. The molecule has 4 rings (SSSR count). The Balaban J connectivity index is 0.965. The Bertz CT molecular complexity index is 1220. The molecule has 0 aliphatic carbocycles. The van der Waals surface area contributed by atoms with E-state index in [1.165, 1.54) is 21.2 Å². The van der Waals surface area contributed by atoms with Crippen molar-refractivity contribution in [2.45, 2.75) is 47.9 Å².